The number of hydrogen-bond acceptors (Lipinski definition) is 3. The second-order valence-corrected chi connectivity index (χ2v) is 4.05. The molecular formula is C9H10NO2S-. The van der Waals surface area contributed by atoms with Crippen LogP contribution in [0.5, 0.6) is 0 Å². The molecule has 1 aromatic rings. The van der Waals surface area contributed by atoms with E-state index in [1.807, 2.05) is 18.2 Å². The highest BCUT2D eigenvalue weighted by molar-refractivity contribution is 7.78. The first kappa shape index (κ1) is 8.87. The van der Waals surface area contributed by atoms with Crippen molar-refractivity contribution in [3.63, 3.8) is 0 Å². The highest BCUT2D eigenvalue weighted by Crippen LogP contribution is 2.17. The molecule has 0 amide bonds. The topological polar surface area (TPSA) is 52.2 Å². The fourth-order valence-electron chi connectivity index (χ4n) is 1.57. The van der Waals surface area contributed by atoms with Crippen molar-refractivity contribution < 1.29 is 8.76 Å². The van der Waals surface area contributed by atoms with E-state index in [0.29, 0.717) is 0 Å². The van der Waals surface area contributed by atoms with Gasteiger partial charge >= 0.3 is 0 Å². The molecule has 13 heavy (non-hydrogen) atoms. The lowest BCUT2D eigenvalue weighted by Crippen LogP contribution is -2.00. The third-order valence-corrected chi connectivity index (χ3v) is 2.76. The summed E-state index contributed by atoms with van der Waals surface area (Å²) < 4.78 is 20.9. The van der Waals surface area contributed by atoms with Crippen LogP contribution >= 0.6 is 0 Å². The summed E-state index contributed by atoms with van der Waals surface area (Å²) in [6, 6.07) is 5.84. The normalized spacial score (nSPS) is 17.0. The van der Waals surface area contributed by atoms with E-state index in [4.69, 9.17) is 0 Å². The minimum absolute atomic E-state index is 0.118. The van der Waals surface area contributed by atoms with Crippen molar-refractivity contribution >= 4 is 11.1 Å². The van der Waals surface area contributed by atoms with Crippen LogP contribution in [0.15, 0.2) is 18.2 Å². The maximum Gasteiger partial charge on any atom is 0.0353 e. The first-order valence-corrected chi connectivity index (χ1v) is 5.37. The molecule has 0 bridgehead atoms. The lowest BCUT2D eigenvalue weighted by Gasteiger charge is -2.06. The van der Waals surface area contributed by atoms with E-state index in [9.17, 15) is 8.76 Å². The zero-order chi connectivity index (χ0) is 9.26. The summed E-state index contributed by atoms with van der Waals surface area (Å²) in [6.45, 7) is 1.75. The van der Waals surface area contributed by atoms with E-state index >= 15 is 0 Å². The summed E-state index contributed by atoms with van der Waals surface area (Å²) in [4.78, 5) is 0. The van der Waals surface area contributed by atoms with Crippen LogP contribution < -0.4 is 5.32 Å². The molecule has 0 saturated heterocycles. The van der Waals surface area contributed by atoms with Crippen LogP contribution in [0, 0.1) is 0 Å². The lowest BCUT2D eigenvalue weighted by atomic mass is 10.1. The molecule has 1 unspecified atom stereocenters. The number of fused-ring (bicyclic) bond motifs is 1. The molecule has 70 valence electrons. The molecular weight excluding hydrogens is 186 g/mol. The van der Waals surface area contributed by atoms with Gasteiger partial charge in [0.25, 0.3) is 0 Å². The van der Waals surface area contributed by atoms with Gasteiger partial charge in [0.05, 0.1) is 0 Å². The van der Waals surface area contributed by atoms with Crippen molar-refractivity contribution in [1.29, 1.82) is 0 Å². The Kier molecular flexibility index (Phi) is 2.44. The largest absolute Gasteiger partial charge is 0.772 e. The quantitative estimate of drug-likeness (QED) is 0.707. The van der Waals surface area contributed by atoms with Crippen LogP contribution in [0.4, 0.5) is 0 Å². The van der Waals surface area contributed by atoms with Gasteiger partial charge in [0, 0.05) is 18.8 Å². The highest BCUT2D eigenvalue weighted by atomic mass is 32.2. The molecule has 0 fully saturated rings. The van der Waals surface area contributed by atoms with Gasteiger partial charge in [0.15, 0.2) is 0 Å². The van der Waals surface area contributed by atoms with Gasteiger partial charge in [0.2, 0.25) is 0 Å². The van der Waals surface area contributed by atoms with Crippen LogP contribution in [0.2, 0.25) is 0 Å². The van der Waals surface area contributed by atoms with Crippen molar-refractivity contribution in [2.24, 2.45) is 0 Å². The molecule has 1 aliphatic heterocycles. The average molecular weight is 196 g/mol. The lowest BCUT2D eigenvalue weighted by molar-refractivity contribution is 0.536. The van der Waals surface area contributed by atoms with Crippen LogP contribution in [-0.2, 0) is 29.9 Å². The molecule has 0 radical (unpaired) electrons. The van der Waals surface area contributed by atoms with E-state index in [-0.39, 0.29) is 5.75 Å². The molecule has 1 aliphatic rings. The van der Waals surface area contributed by atoms with Crippen molar-refractivity contribution in [3.8, 4) is 0 Å². The van der Waals surface area contributed by atoms with Crippen LogP contribution in [0.25, 0.3) is 0 Å². The van der Waals surface area contributed by atoms with Gasteiger partial charge in [-0.1, -0.05) is 29.3 Å². The molecule has 0 spiro atoms. The SMILES string of the molecule is O=S([O-])Cc1ccc2c(c1)CNC2. The summed E-state index contributed by atoms with van der Waals surface area (Å²) in [5.41, 5.74) is 3.37. The van der Waals surface area contributed by atoms with Crippen molar-refractivity contribution in [1.82, 2.24) is 5.32 Å². The van der Waals surface area contributed by atoms with E-state index in [1.54, 1.807) is 0 Å². The van der Waals surface area contributed by atoms with Gasteiger partial charge < -0.3 is 9.87 Å². The van der Waals surface area contributed by atoms with Crippen LogP contribution in [0.3, 0.4) is 0 Å². The van der Waals surface area contributed by atoms with E-state index in [1.165, 1.54) is 11.1 Å². The highest BCUT2D eigenvalue weighted by Gasteiger charge is 2.09. The summed E-state index contributed by atoms with van der Waals surface area (Å²) in [7, 11) is 0. The van der Waals surface area contributed by atoms with Gasteiger partial charge in [-0.15, -0.1) is 0 Å². The fourth-order valence-corrected chi connectivity index (χ4v) is 2.03. The maximum atomic E-state index is 10.5. The Labute approximate surface area is 79.4 Å². The Morgan fingerprint density at radius 3 is 2.92 bits per heavy atom. The predicted molar refractivity (Wildman–Crippen MR) is 49.6 cm³/mol. The molecule has 0 saturated carbocycles. The monoisotopic (exact) mass is 196 g/mol. The molecule has 1 N–H and O–H groups in total. The van der Waals surface area contributed by atoms with Gasteiger partial charge in [-0.2, -0.15) is 0 Å². The second kappa shape index (κ2) is 3.57. The van der Waals surface area contributed by atoms with Crippen molar-refractivity contribution in [2.75, 3.05) is 0 Å². The van der Waals surface area contributed by atoms with E-state index < -0.39 is 11.1 Å². The summed E-state index contributed by atoms with van der Waals surface area (Å²) >= 11 is -1.98. The number of nitrogens with one attached hydrogen (secondary N) is 1. The van der Waals surface area contributed by atoms with Gasteiger partial charge in [0.1, 0.15) is 0 Å². The van der Waals surface area contributed by atoms with E-state index in [2.05, 4.69) is 5.32 Å². The number of rotatable bonds is 2. The first-order valence-electron chi connectivity index (χ1n) is 4.13. The fraction of sp³-hybridized carbons (Fsp3) is 0.333. The third-order valence-electron chi connectivity index (χ3n) is 2.19. The zero-order valence-corrected chi connectivity index (χ0v) is 7.89. The molecule has 4 heteroatoms. The van der Waals surface area contributed by atoms with Crippen LogP contribution in [-0.4, -0.2) is 8.76 Å². The zero-order valence-electron chi connectivity index (χ0n) is 7.08. The summed E-state index contributed by atoms with van der Waals surface area (Å²) in [5, 5.41) is 3.21. The molecule has 1 heterocycles. The average Bonchev–Trinajstić information content (AvgIpc) is 2.49. The standard InChI is InChI=1S/C9H11NO2S/c11-13(12)6-7-1-2-8-4-10-5-9(8)3-7/h1-3,10H,4-6H2,(H,11,12)/p-1. The summed E-state index contributed by atoms with van der Waals surface area (Å²) in [5.74, 6) is 0.118. The maximum absolute atomic E-state index is 10.5. The minimum atomic E-state index is -1.98. The molecule has 0 aliphatic carbocycles. The predicted octanol–water partition coefficient (Wildman–Crippen LogP) is 0.669. The van der Waals surface area contributed by atoms with E-state index in [0.717, 1.165) is 18.7 Å². The second-order valence-electron chi connectivity index (χ2n) is 3.15. The number of benzene rings is 1. The first-order chi connectivity index (χ1) is 6.25. The van der Waals surface area contributed by atoms with Crippen LogP contribution in [0.1, 0.15) is 16.7 Å². The van der Waals surface area contributed by atoms with Crippen molar-refractivity contribution in [3.05, 3.63) is 34.9 Å². The van der Waals surface area contributed by atoms with Gasteiger partial charge in [-0.3, -0.25) is 4.21 Å². The Morgan fingerprint density at radius 2 is 2.15 bits per heavy atom. The Hall–Kier alpha value is -0.710. The minimum Gasteiger partial charge on any atom is -0.772 e. The van der Waals surface area contributed by atoms with Crippen molar-refractivity contribution in [2.45, 2.75) is 18.8 Å². The van der Waals surface area contributed by atoms with Gasteiger partial charge in [-0.05, 0) is 16.7 Å². The molecule has 0 aromatic heterocycles. The molecule has 3 nitrogen and oxygen atoms in total. The third kappa shape index (κ3) is 1.96. The Bertz CT molecular complexity index is 351. The molecule has 1 aromatic carbocycles. The molecule has 1 atom stereocenters. The Morgan fingerprint density at radius 1 is 1.38 bits per heavy atom. The summed E-state index contributed by atoms with van der Waals surface area (Å²) in [6.07, 6.45) is 0. The number of hydrogen-bond donors (Lipinski definition) is 1. The van der Waals surface area contributed by atoms with Gasteiger partial charge in [-0.25, -0.2) is 0 Å². The molecule has 2 rings (SSSR count). The smallest absolute Gasteiger partial charge is 0.0353 e. The Balaban J connectivity index is 2.25.